The molecule has 4 N–H and O–H groups in total. The van der Waals surface area contributed by atoms with Crippen LogP contribution in [0, 0.1) is 13.8 Å². The Kier molecular flexibility index (Phi) is 4.49. The summed E-state index contributed by atoms with van der Waals surface area (Å²) in [5.74, 6) is 0.346. The van der Waals surface area contributed by atoms with E-state index in [4.69, 9.17) is 19.2 Å². The minimum Gasteiger partial charge on any atom is -0.507 e. The molecular formula is C15H16NO5P. The third-order valence-corrected chi connectivity index (χ3v) is 3.31. The first-order valence-corrected chi connectivity index (χ1v) is 8.00. The van der Waals surface area contributed by atoms with Gasteiger partial charge in [0, 0.05) is 10.8 Å². The summed E-state index contributed by atoms with van der Waals surface area (Å²) in [5.41, 5.74) is 3.80. The van der Waals surface area contributed by atoms with Crippen molar-refractivity contribution in [1.82, 2.24) is 4.98 Å². The van der Waals surface area contributed by atoms with E-state index in [0.29, 0.717) is 5.75 Å². The summed E-state index contributed by atoms with van der Waals surface area (Å²) >= 11 is 0. The summed E-state index contributed by atoms with van der Waals surface area (Å²) < 4.78 is 8.88. The van der Waals surface area contributed by atoms with Crippen LogP contribution < -0.4 is 0 Å². The van der Waals surface area contributed by atoms with Crippen molar-refractivity contribution in [1.29, 1.82) is 0 Å². The molecule has 0 saturated carbocycles. The summed E-state index contributed by atoms with van der Waals surface area (Å²) in [4.78, 5) is 26.1. The second-order valence-electron chi connectivity index (χ2n) is 4.93. The number of aryl methyl sites for hydroxylation is 1. The lowest BCUT2D eigenvalue weighted by atomic mass is 10.0. The van der Waals surface area contributed by atoms with E-state index in [1.54, 1.807) is 0 Å². The summed E-state index contributed by atoms with van der Waals surface area (Å²) in [6.45, 7) is 3.92. The average Bonchev–Trinajstić information content (AvgIpc) is 2.42. The van der Waals surface area contributed by atoms with E-state index >= 15 is 0 Å². The molecule has 0 unspecified atom stereocenters. The Hall–Kier alpha value is -1.98. The molecule has 6 nitrogen and oxygen atoms in total. The van der Waals surface area contributed by atoms with E-state index in [-0.39, 0.29) is 0 Å². The zero-order valence-electron chi connectivity index (χ0n) is 12.1. The smallest absolute Gasteiger partial charge is 0.466 e. The van der Waals surface area contributed by atoms with Gasteiger partial charge in [-0.15, -0.1) is 0 Å². The van der Waals surface area contributed by atoms with Crippen LogP contribution >= 0.6 is 7.82 Å². The van der Waals surface area contributed by atoms with Crippen molar-refractivity contribution < 1.29 is 24.4 Å². The Morgan fingerprint density at radius 3 is 2.23 bits per heavy atom. The predicted octanol–water partition coefficient (Wildman–Crippen LogP) is 2.78. The number of hydrogen-bond donors (Lipinski definition) is 4. The van der Waals surface area contributed by atoms with E-state index in [1.165, 1.54) is 0 Å². The molecular weight excluding hydrogens is 305 g/mol. The Balaban J connectivity index is 0.000000309. The average molecular weight is 321 g/mol. The number of aromatic nitrogens is 1. The molecule has 7 heteroatoms. The second-order valence-corrected chi connectivity index (χ2v) is 5.95. The highest BCUT2D eigenvalue weighted by Crippen LogP contribution is 2.32. The van der Waals surface area contributed by atoms with E-state index in [2.05, 4.69) is 4.98 Å². The number of fused-ring (bicyclic) bond motifs is 2. The molecule has 0 amide bonds. The molecule has 0 saturated heterocycles. The van der Waals surface area contributed by atoms with Gasteiger partial charge in [-0.3, -0.25) is 0 Å². The molecule has 0 aliphatic heterocycles. The highest BCUT2D eigenvalue weighted by atomic mass is 31.2. The van der Waals surface area contributed by atoms with Crippen molar-refractivity contribution in [2.24, 2.45) is 0 Å². The van der Waals surface area contributed by atoms with Gasteiger partial charge in [-0.05, 0) is 43.2 Å². The molecule has 0 aliphatic carbocycles. The largest absolute Gasteiger partial charge is 0.507 e. The standard InChI is InChI=1S/C15H13NO.H3O4P/c1-9-7-14-12(15(17)10(9)2)8-11-5-3-4-6-13(11)16-14;1-5(2,3)4/h3-8,17H,1-2H3;(H3,1,2,3,4). The van der Waals surface area contributed by atoms with Gasteiger partial charge < -0.3 is 19.8 Å². The maximum atomic E-state index is 10.2. The molecule has 3 rings (SSSR count). The van der Waals surface area contributed by atoms with Crippen molar-refractivity contribution in [2.45, 2.75) is 13.8 Å². The number of rotatable bonds is 0. The molecule has 2 aromatic carbocycles. The van der Waals surface area contributed by atoms with Crippen molar-refractivity contribution >= 4 is 29.6 Å². The zero-order valence-corrected chi connectivity index (χ0v) is 13.0. The van der Waals surface area contributed by atoms with E-state index in [1.807, 2.05) is 50.2 Å². The van der Waals surface area contributed by atoms with Gasteiger partial charge in [-0.1, -0.05) is 18.2 Å². The van der Waals surface area contributed by atoms with Gasteiger partial charge in [0.05, 0.1) is 11.0 Å². The first-order chi connectivity index (χ1) is 10.2. The molecule has 0 aliphatic rings. The van der Waals surface area contributed by atoms with Crippen LogP contribution in [0.1, 0.15) is 11.1 Å². The Bertz CT molecular complexity index is 880. The maximum Gasteiger partial charge on any atom is 0.466 e. The van der Waals surface area contributed by atoms with Crippen LogP contribution in [0.4, 0.5) is 0 Å². The summed E-state index contributed by atoms with van der Waals surface area (Å²) in [7, 11) is -4.64. The number of benzene rings is 2. The Morgan fingerprint density at radius 2 is 1.59 bits per heavy atom. The molecule has 0 atom stereocenters. The summed E-state index contributed by atoms with van der Waals surface area (Å²) in [5, 5.41) is 12.0. The van der Waals surface area contributed by atoms with Gasteiger partial charge in [0.25, 0.3) is 0 Å². The molecule has 22 heavy (non-hydrogen) atoms. The minimum absolute atomic E-state index is 0.346. The normalized spacial score (nSPS) is 11.3. The maximum absolute atomic E-state index is 10.2. The number of para-hydroxylation sites is 1. The molecule has 0 bridgehead atoms. The van der Waals surface area contributed by atoms with Gasteiger partial charge in [0.2, 0.25) is 0 Å². The molecule has 1 aromatic heterocycles. The van der Waals surface area contributed by atoms with Gasteiger partial charge in [-0.2, -0.15) is 0 Å². The van der Waals surface area contributed by atoms with Crippen LogP contribution in [0.3, 0.4) is 0 Å². The van der Waals surface area contributed by atoms with Gasteiger partial charge in [0.15, 0.2) is 0 Å². The lowest BCUT2D eigenvalue weighted by Gasteiger charge is -2.08. The predicted molar refractivity (Wildman–Crippen MR) is 84.7 cm³/mol. The topological polar surface area (TPSA) is 111 Å². The number of nitrogens with zero attached hydrogens (tertiary/aromatic N) is 1. The summed E-state index contributed by atoms with van der Waals surface area (Å²) in [6, 6.07) is 12.0. The number of aromatic hydroxyl groups is 1. The van der Waals surface area contributed by atoms with Gasteiger partial charge >= 0.3 is 7.82 Å². The SMILES string of the molecule is Cc1cc2nc3ccccc3cc2c(O)c1C.O=P(O)(O)O. The van der Waals surface area contributed by atoms with Gasteiger partial charge in [0.1, 0.15) is 5.75 Å². The van der Waals surface area contributed by atoms with Crippen molar-refractivity contribution in [3.05, 3.63) is 47.5 Å². The van der Waals surface area contributed by atoms with Crippen LogP contribution in [0.15, 0.2) is 36.4 Å². The molecule has 116 valence electrons. The Labute approximate surface area is 126 Å². The minimum atomic E-state index is -4.64. The van der Waals surface area contributed by atoms with Crippen LogP contribution in [0.5, 0.6) is 5.75 Å². The van der Waals surface area contributed by atoms with E-state index in [9.17, 15) is 5.11 Å². The van der Waals surface area contributed by atoms with Crippen LogP contribution in [-0.2, 0) is 4.57 Å². The number of hydrogen-bond acceptors (Lipinski definition) is 3. The molecule has 0 spiro atoms. The fourth-order valence-corrected chi connectivity index (χ4v) is 2.13. The Morgan fingerprint density at radius 1 is 1.00 bits per heavy atom. The number of phenols is 1. The van der Waals surface area contributed by atoms with Crippen molar-refractivity contribution in [3.63, 3.8) is 0 Å². The number of phosphoric acid groups is 1. The lowest BCUT2D eigenvalue weighted by molar-refractivity contribution is 0.275. The highest BCUT2D eigenvalue weighted by Gasteiger charge is 2.08. The van der Waals surface area contributed by atoms with Crippen LogP contribution in [-0.4, -0.2) is 24.8 Å². The van der Waals surface area contributed by atoms with E-state index in [0.717, 1.165) is 32.9 Å². The number of pyridine rings is 1. The zero-order chi connectivity index (χ0) is 16.5. The third kappa shape index (κ3) is 3.81. The van der Waals surface area contributed by atoms with Crippen molar-refractivity contribution in [2.75, 3.05) is 0 Å². The molecule has 3 aromatic rings. The lowest BCUT2D eigenvalue weighted by Crippen LogP contribution is -1.88. The van der Waals surface area contributed by atoms with Crippen molar-refractivity contribution in [3.8, 4) is 5.75 Å². The summed E-state index contributed by atoms with van der Waals surface area (Å²) in [6.07, 6.45) is 0. The molecule has 0 radical (unpaired) electrons. The van der Waals surface area contributed by atoms with Crippen LogP contribution in [0.2, 0.25) is 0 Å². The number of phenolic OH excluding ortho intramolecular Hbond substituents is 1. The first-order valence-electron chi connectivity index (χ1n) is 6.44. The third-order valence-electron chi connectivity index (χ3n) is 3.31. The van der Waals surface area contributed by atoms with Crippen LogP contribution in [0.25, 0.3) is 21.8 Å². The molecule has 0 fully saturated rings. The second kappa shape index (κ2) is 6.02. The first kappa shape index (κ1) is 16.4. The fourth-order valence-electron chi connectivity index (χ4n) is 2.13. The van der Waals surface area contributed by atoms with E-state index < -0.39 is 7.82 Å². The van der Waals surface area contributed by atoms with Gasteiger partial charge in [-0.25, -0.2) is 9.55 Å². The monoisotopic (exact) mass is 321 g/mol. The quantitative estimate of drug-likeness (QED) is 0.374. The highest BCUT2D eigenvalue weighted by molar-refractivity contribution is 7.45. The molecule has 1 heterocycles. The fraction of sp³-hybridized carbons (Fsp3) is 0.133.